The Balaban J connectivity index is 2.54. The van der Waals surface area contributed by atoms with Crippen LogP contribution in [0.3, 0.4) is 0 Å². The van der Waals surface area contributed by atoms with E-state index in [1.807, 2.05) is 0 Å². The van der Waals surface area contributed by atoms with Gasteiger partial charge in [-0.25, -0.2) is 0 Å². The van der Waals surface area contributed by atoms with E-state index in [9.17, 15) is 0 Å². The van der Waals surface area contributed by atoms with Gasteiger partial charge in [-0.3, -0.25) is 0 Å². The molecule has 0 aromatic carbocycles. The quantitative estimate of drug-likeness (QED) is 0.458. The Morgan fingerprint density at radius 2 is 2.00 bits per heavy atom. The van der Waals surface area contributed by atoms with E-state index < -0.39 is 0 Å². The van der Waals surface area contributed by atoms with E-state index in [1.54, 1.807) is 0 Å². The third-order valence-electron chi connectivity index (χ3n) is 0.816. The van der Waals surface area contributed by atoms with Crippen molar-refractivity contribution in [2.24, 2.45) is 0 Å². The van der Waals surface area contributed by atoms with Gasteiger partial charge in [0.1, 0.15) is 0 Å². The summed E-state index contributed by atoms with van der Waals surface area (Å²) in [5.41, 5.74) is 0. The predicted molar refractivity (Wildman–Crippen MR) is 29.7 cm³/mol. The van der Waals surface area contributed by atoms with Crippen LogP contribution in [0.25, 0.3) is 0 Å². The van der Waals surface area contributed by atoms with Gasteiger partial charge in [0.25, 0.3) is 0 Å². The second-order valence-electron chi connectivity index (χ2n) is 1.80. The first-order chi connectivity index (χ1) is 2.27. The zero-order chi connectivity index (χ0) is 4.28. The van der Waals surface area contributed by atoms with Gasteiger partial charge in [-0.1, -0.05) is 0 Å². The van der Waals surface area contributed by atoms with Crippen molar-refractivity contribution < 1.29 is 0 Å². The van der Waals surface area contributed by atoms with Gasteiger partial charge in [-0.05, 0) is 0 Å². The predicted octanol–water partition coefficient (Wildman–Crippen LogP) is 0.570. The summed E-state index contributed by atoms with van der Waals surface area (Å²) in [5, 5.41) is 0. The summed E-state index contributed by atoms with van der Waals surface area (Å²) in [4.78, 5) is 0. The first kappa shape index (κ1) is 5.54. The van der Waals surface area contributed by atoms with Gasteiger partial charge in [-0.15, -0.1) is 0 Å². The summed E-state index contributed by atoms with van der Waals surface area (Å²) in [7, 11) is 0. The molecular formula is C4H12Ge. The summed E-state index contributed by atoms with van der Waals surface area (Å²) in [6.45, 7) is 4.55. The van der Waals surface area contributed by atoms with Gasteiger partial charge in [0.2, 0.25) is 0 Å². The summed E-state index contributed by atoms with van der Waals surface area (Å²) >= 11 is 1.07. The third kappa shape index (κ3) is 4.54. The first-order valence-electron chi connectivity index (χ1n) is 2.27. The van der Waals surface area contributed by atoms with Crippen LogP contribution in [-0.4, -0.2) is 16.5 Å². The van der Waals surface area contributed by atoms with Crippen LogP contribution >= 0.6 is 0 Å². The number of hydrogen-bond donors (Lipinski definition) is 0. The molecule has 0 radical (unpaired) electrons. The molecule has 0 aliphatic carbocycles. The molecule has 32 valence electrons. The van der Waals surface area contributed by atoms with Crippen LogP contribution in [-0.2, 0) is 0 Å². The Kier molecular flexibility index (Phi) is 3.06. The first-order valence-corrected chi connectivity index (χ1v) is 4.69. The van der Waals surface area contributed by atoms with Crippen molar-refractivity contribution in [1.82, 2.24) is 0 Å². The molecule has 0 saturated carbocycles. The van der Waals surface area contributed by atoms with Crippen LogP contribution in [0, 0.1) is 0 Å². The van der Waals surface area contributed by atoms with Crippen molar-refractivity contribution in [1.29, 1.82) is 0 Å². The van der Waals surface area contributed by atoms with Crippen molar-refractivity contribution in [2.75, 3.05) is 0 Å². The molecule has 0 rings (SSSR count). The monoisotopic (exact) mass is 134 g/mol. The van der Waals surface area contributed by atoms with E-state index in [-0.39, 0.29) is 0 Å². The normalized spacial score (nSPS) is 15.6. The fourth-order valence-electron chi connectivity index (χ4n) is 0. The molecule has 0 N–H and O–H groups in total. The number of hydrogen-bond acceptors (Lipinski definition) is 0. The molecule has 0 aliphatic rings. The van der Waals surface area contributed by atoms with Crippen LogP contribution in [0.15, 0.2) is 0 Å². The van der Waals surface area contributed by atoms with Crippen molar-refractivity contribution in [3.8, 4) is 0 Å². The molecule has 0 heterocycles. The van der Waals surface area contributed by atoms with Crippen molar-refractivity contribution in [3.63, 3.8) is 0 Å². The summed E-state index contributed by atoms with van der Waals surface area (Å²) in [6.07, 6.45) is 1.39. The van der Waals surface area contributed by atoms with Crippen LogP contribution in [0.4, 0.5) is 0 Å². The molecule has 0 spiro atoms. The van der Waals surface area contributed by atoms with Crippen LogP contribution in [0.2, 0.25) is 4.75 Å². The fourth-order valence-corrected chi connectivity index (χ4v) is 0. The van der Waals surface area contributed by atoms with Gasteiger partial charge >= 0.3 is 41.5 Å². The van der Waals surface area contributed by atoms with E-state index in [2.05, 4.69) is 13.8 Å². The molecule has 5 heavy (non-hydrogen) atoms. The standard InChI is InChI=1S/C4H12Ge/c1-3-4(2)5/h4H,3H2,1-2,5H3. The molecule has 0 amide bonds. The van der Waals surface area contributed by atoms with E-state index >= 15 is 0 Å². The molecule has 1 unspecified atom stereocenters. The molecular weight excluding hydrogens is 121 g/mol. The van der Waals surface area contributed by atoms with Crippen LogP contribution < -0.4 is 0 Å². The molecule has 0 nitrogen and oxygen atoms in total. The summed E-state index contributed by atoms with van der Waals surface area (Å²) in [6, 6.07) is 0. The molecule has 0 saturated heterocycles. The minimum atomic E-state index is 1.07. The fraction of sp³-hybridized carbons (Fsp3) is 1.00. The molecule has 0 aromatic heterocycles. The molecule has 0 aliphatic heterocycles. The molecule has 0 aromatic rings. The molecule has 1 atom stereocenters. The van der Waals surface area contributed by atoms with E-state index in [4.69, 9.17) is 0 Å². The van der Waals surface area contributed by atoms with Crippen LogP contribution in [0.5, 0.6) is 0 Å². The Morgan fingerprint density at radius 3 is 2.00 bits per heavy atom. The second-order valence-corrected chi connectivity index (χ2v) is 5.94. The van der Waals surface area contributed by atoms with Crippen molar-refractivity contribution >= 4 is 16.5 Å². The van der Waals surface area contributed by atoms with E-state index in [1.165, 1.54) is 6.42 Å². The summed E-state index contributed by atoms with van der Waals surface area (Å²) < 4.78 is 1.07. The maximum atomic E-state index is 2.31. The Morgan fingerprint density at radius 1 is 1.80 bits per heavy atom. The Bertz CT molecular complexity index is 17.6. The van der Waals surface area contributed by atoms with Crippen molar-refractivity contribution in [3.05, 3.63) is 0 Å². The second kappa shape index (κ2) is 2.76. The minimum absolute atomic E-state index is 1.07. The van der Waals surface area contributed by atoms with Gasteiger partial charge < -0.3 is 0 Å². The molecule has 0 fully saturated rings. The van der Waals surface area contributed by atoms with Gasteiger partial charge in [-0.2, -0.15) is 0 Å². The van der Waals surface area contributed by atoms with Gasteiger partial charge in [0.05, 0.1) is 0 Å². The summed E-state index contributed by atoms with van der Waals surface area (Å²) in [5.74, 6) is 0. The van der Waals surface area contributed by atoms with Gasteiger partial charge in [0.15, 0.2) is 0 Å². The Labute approximate surface area is 42.2 Å². The molecule has 0 bridgehead atoms. The van der Waals surface area contributed by atoms with Crippen molar-refractivity contribution in [2.45, 2.75) is 25.0 Å². The topological polar surface area (TPSA) is 0 Å². The van der Waals surface area contributed by atoms with Crippen LogP contribution in [0.1, 0.15) is 20.3 Å². The Hall–Kier alpha value is 0.543. The van der Waals surface area contributed by atoms with E-state index in [0.29, 0.717) is 0 Å². The zero-order valence-electron chi connectivity index (χ0n) is 4.28. The van der Waals surface area contributed by atoms with Gasteiger partial charge in [0, 0.05) is 0 Å². The SMILES string of the molecule is CC[CH](C)[GeH3]. The van der Waals surface area contributed by atoms with E-state index in [0.717, 1.165) is 21.3 Å². The zero-order valence-corrected chi connectivity index (χ0v) is 8.48. The molecule has 1 heteroatoms. The maximum absolute atomic E-state index is 2.31. The third-order valence-corrected chi connectivity index (χ3v) is 2.53. The number of rotatable bonds is 1. The average Bonchev–Trinajstić information content (AvgIpc) is 1.38. The average molecular weight is 133 g/mol.